The maximum Gasteiger partial charge on any atom is 0.416 e. The van der Waals surface area contributed by atoms with Crippen LogP contribution in [0.2, 0.25) is 0 Å². The van der Waals surface area contributed by atoms with Gasteiger partial charge in [-0.15, -0.1) is 0 Å². The minimum Gasteiger partial charge on any atom is -0.272 e. The summed E-state index contributed by atoms with van der Waals surface area (Å²) in [6.45, 7) is 5.34. The van der Waals surface area contributed by atoms with Crippen LogP contribution in [0.15, 0.2) is 29.4 Å². The van der Waals surface area contributed by atoms with E-state index in [9.17, 15) is 18.0 Å². The Balaban J connectivity index is 2.38. The van der Waals surface area contributed by atoms with Crippen LogP contribution in [0.3, 0.4) is 0 Å². The Morgan fingerprint density at radius 1 is 1.35 bits per heavy atom. The van der Waals surface area contributed by atoms with Crippen molar-refractivity contribution in [2.24, 2.45) is 5.10 Å². The number of rotatable bonds is 1. The van der Waals surface area contributed by atoms with Crippen molar-refractivity contribution in [3.05, 3.63) is 36.8 Å². The zero-order valence-corrected chi connectivity index (χ0v) is 8.53. The van der Waals surface area contributed by atoms with Crippen LogP contribution in [0.5, 0.6) is 0 Å². The van der Waals surface area contributed by atoms with Gasteiger partial charge in [-0.2, -0.15) is 18.3 Å². The van der Waals surface area contributed by atoms with Crippen molar-refractivity contribution in [2.45, 2.75) is 12.6 Å². The van der Waals surface area contributed by atoms with Crippen molar-refractivity contribution >= 4 is 17.3 Å². The van der Waals surface area contributed by atoms with Crippen molar-refractivity contribution in [3.63, 3.8) is 0 Å². The van der Waals surface area contributed by atoms with E-state index >= 15 is 0 Å². The van der Waals surface area contributed by atoms with Crippen LogP contribution >= 0.6 is 0 Å². The second-order valence-corrected chi connectivity index (χ2v) is 3.52. The van der Waals surface area contributed by atoms with Crippen molar-refractivity contribution in [2.75, 3.05) is 5.01 Å². The monoisotopic (exact) mass is 240 g/mol. The Kier molecular flexibility index (Phi) is 2.65. The number of benzene rings is 1. The molecule has 0 fully saturated rings. The molecule has 0 unspecified atom stereocenters. The number of anilines is 1. The van der Waals surface area contributed by atoms with Crippen LogP contribution in [0.25, 0.3) is 0 Å². The Hall–Kier alpha value is -1.85. The smallest absolute Gasteiger partial charge is 0.272 e. The molecule has 1 aliphatic heterocycles. The molecule has 0 saturated heterocycles. The molecule has 0 spiro atoms. The topological polar surface area (TPSA) is 32.7 Å². The third-order valence-corrected chi connectivity index (χ3v) is 2.22. The molecule has 0 bridgehead atoms. The van der Waals surface area contributed by atoms with Gasteiger partial charge in [-0.25, -0.2) is 5.01 Å². The quantitative estimate of drug-likeness (QED) is 0.742. The van der Waals surface area contributed by atoms with Crippen molar-refractivity contribution in [3.8, 4) is 0 Å². The number of nitrogens with zero attached hydrogens (tertiary/aromatic N) is 2. The predicted molar refractivity (Wildman–Crippen MR) is 55.3 cm³/mol. The molecule has 1 amide bonds. The SMILES string of the molecule is [CH]C1=NN(c2cccc(C(F)(F)F)c2)C(=O)C1. The fraction of sp³-hybridized carbons (Fsp3) is 0.182. The van der Waals surface area contributed by atoms with Crippen LogP contribution in [0, 0.1) is 6.92 Å². The van der Waals surface area contributed by atoms with Gasteiger partial charge in [0.25, 0.3) is 5.91 Å². The average Bonchev–Trinajstić information content (AvgIpc) is 2.57. The predicted octanol–water partition coefficient (Wildman–Crippen LogP) is 2.51. The number of hydrogen-bond acceptors (Lipinski definition) is 2. The molecule has 6 heteroatoms. The minimum atomic E-state index is -4.45. The standard InChI is InChI=1S/C11H7F3N2O/c1-7-5-10(17)16(15-7)9-4-2-3-8(6-9)11(12,13)14/h1-4,6H,5H2. The summed E-state index contributed by atoms with van der Waals surface area (Å²) in [6.07, 6.45) is -4.52. The second-order valence-electron chi connectivity index (χ2n) is 3.52. The van der Waals surface area contributed by atoms with Crippen molar-refractivity contribution < 1.29 is 18.0 Å². The molecule has 1 heterocycles. The zero-order valence-electron chi connectivity index (χ0n) is 8.53. The summed E-state index contributed by atoms with van der Waals surface area (Å²) in [5, 5.41) is 4.55. The fourth-order valence-corrected chi connectivity index (χ4v) is 1.47. The molecule has 1 aromatic rings. The van der Waals surface area contributed by atoms with Crippen molar-refractivity contribution in [1.29, 1.82) is 0 Å². The fourth-order valence-electron chi connectivity index (χ4n) is 1.47. The molecule has 2 radical (unpaired) electrons. The van der Waals surface area contributed by atoms with E-state index in [2.05, 4.69) is 5.10 Å². The molecular weight excluding hydrogens is 233 g/mol. The first-order valence-corrected chi connectivity index (χ1v) is 4.71. The number of carbonyl (C=O) groups is 1. The maximum atomic E-state index is 12.5. The van der Waals surface area contributed by atoms with E-state index in [4.69, 9.17) is 6.92 Å². The van der Waals surface area contributed by atoms with E-state index in [-0.39, 0.29) is 17.8 Å². The first-order chi connectivity index (χ1) is 7.88. The largest absolute Gasteiger partial charge is 0.416 e. The lowest BCUT2D eigenvalue weighted by Gasteiger charge is -2.14. The molecule has 0 atom stereocenters. The van der Waals surface area contributed by atoms with Crippen LogP contribution in [-0.2, 0) is 11.0 Å². The third kappa shape index (κ3) is 2.30. The van der Waals surface area contributed by atoms with Crippen LogP contribution in [0.1, 0.15) is 12.0 Å². The third-order valence-electron chi connectivity index (χ3n) is 2.22. The van der Waals surface area contributed by atoms with E-state index in [0.717, 1.165) is 17.1 Å². The van der Waals surface area contributed by atoms with E-state index in [1.165, 1.54) is 12.1 Å². The zero-order chi connectivity index (χ0) is 12.6. The molecular formula is C11H7F3N2O. The van der Waals surface area contributed by atoms with Gasteiger partial charge in [0.2, 0.25) is 0 Å². The Morgan fingerprint density at radius 2 is 2.06 bits per heavy atom. The molecule has 0 N–H and O–H groups in total. The summed E-state index contributed by atoms with van der Waals surface area (Å²) in [7, 11) is 0. The first kappa shape index (κ1) is 11.6. The molecule has 2 rings (SSSR count). The lowest BCUT2D eigenvalue weighted by Crippen LogP contribution is -2.20. The van der Waals surface area contributed by atoms with E-state index in [1.807, 2.05) is 0 Å². The highest BCUT2D eigenvalue weighted by atomic mass is 19.4. The van der Waals surface area contributed by atoms with E-state index < -0.39 is 17.6 Å². The van der Waals surface area contributed by atoms with Gasteiger partial charge in [0.05, 0.1) is 23.4 Å². The van der Waals surface area contributed by atoms with E-state index in [1.54, 1.807) is 0 Å². The summed E-state index contributed by atoms with van der Waals surface area (Å²) >= 11 is 0. The van der Waals surface area contributed by atoms with E-state index in [0.29, 0.717) is 0 Å². The summed E-state index contributed by atoms with van der Waals surface area (Å²) < 4.78 is 37.4. The Bertz CT molecular complexity index is 494. The molecule has 3 nitrogen and oxygen atoms in total. The van der Waals surface area contributed by atoms with Gasteiger partial charge in [0.1, 0.15) is 0 Å². The first-order valence-electron chi connectivity index (χ1n) is 4.71. The van der Waals surface area contributed by atoms with Gasteiger partial charge in [-0.1, -0.05) is 6.07 Å². The lowest BCUT2D eigenvalue weighted by molar-refractivity contribution is -0.137. The number of carbonyl (C=O) groups excluding carboxylic acids is 1. The Labute approximate surface area is 95.5 Å². The number of hydrazone groups is 1. The van der Waals surface area contributed by atoms with Crippen molar-refractivity contribution in [1.82, 2.24) is 0 Å². The van der Waals surface area contributed by atoms with Gasteiger partial charge in [0.15, 0.2) is 0 Å². The highest BCUT2D eigenvalue weighted by Gasteiger charge is 2.32. The number of halogens is 3. The lowest BCUT2D eigenvalue weighted by atomic mass is 10.2. The van der Waals surface area contributed by atoms with Crippen LogP contribution < -0.4 is 5.01 Å². The molecule has 0 aromatic heterocycles. The van der Waals surface area contributed by atoms with Crippen LogP contribution in [0.4, 0.5) is 18.9 Å². The summed E-state index contributed by atoms with van der Waals surface area (Å²) in [5.74, 6) is -0.443. The molecule has 88 valence electrons. The Morgan fingerprint density at radius 3 is 2.59 bits per heavy atom. The number of hydrogen-bond donors (Lipinski definition) is 0. The second kappa shape index (κ2) is 3.87. The van der Waals surface area contributed by atoms with Gasteiger partial charge in [-0.05, 0) is 18.2 Å². The summed E-state index contributed by atoms with van der Waals surface area (Å²) in [5.41, 5.74) is -0.679. The number of alkyl halides is 3. The van der Waals surface area contributed by atoms with Crippen LogP contribution in [-0.4, -0.2) is 11.6 Å². The molecule has 1 aromatic carbocycles. The molecule has 17 heavy (non-hydrogen) atoms. The van der Waals surface area contributed by atoms with Gasteiger partial charge in [0, 0.05) is 6.92 Å². The highest BCUT2D eigenvalue weighted by molar-refractivity contribution is 6.14. The molecule has 0 aliphatic carbocycles. The number of amides is 1. The van der Waals surface area contributed by atoms with Gasteiger partial charge < -0.3 is 0 Å². The summed E-state index contributed by atoms with van der Waals surface area (Å²) in [6, 6.07) is 4.38. The minimum absolute atomic E-state index is 0.0604. The van der Waals surface area contributed by atoms with Gasteiger partial charge in [-0.3, -0.25) is 4.79 Å². The normalized spacial score (nSPS) is 16.4. The summed E-state index contributed by atoms with van der Waals surface area (Å²) in [4.78, 5) is 11.4. The molecule has 0 saturated carbocycles. The highest BCUT2D eigenvalue weighted by Crippen LogP contribution is 2.32. The maximum absolute atomic E-state index is 12.5. The molecule has 1 aliphatic rings. The van der Waals surface area contributed by atoms with Gasteiger partial charge >= 0.3 is 6.18 Å². The average molecular weight is 240 g/mol.